The molecular formula is C37H46N8O3. The number of piperidine rings is 1. The fraction of sp³-hybridized carbons (Fsp3) is 0.405. The van der Waals surface area contributed by atoms with Crippen LogP contribution in [-0.2, 0) is 0 Å². The highest BCUT2D eigenvalue weighted by Gasteiger charge is 2.30. The highest BCUT2D eigenvalue weighted by atomic mass is 16.5. The second-order valence-electron chi connectivity index (χ2n) is 13.9. The van der Waals surface area contributed by atoms with Gasteiger partial charge in [0.2, 0.25) is 5.95 Å². The molecule has 0 saturated carbocycles. The second-order valence-corrected chi connectivity index (χ2v) is 13.9. The SMILES string of the molecule is Cc1ccc(N/C(=C\C(=N)C(C)(C)C)NC(=O)N[C@H]2CC[C@@H](Oc3ccc4nnc(N5CCC[C@H](CO)C5)n4c3)c3ccccc32)cc1. The molecule has 6 rings (SSSR count). The number of anilines is 2. The van der Waals surface area contributed by atoms with E-state index in [1.807, 2.05) is 92.9 Å². The molecule has 3 heterocycles. The molecule has 2 aromatic carbocycles. The van der Waals surface area contributed by atoms with E-state index in [1.165, 1.54) is 0 Å². The zero-order chi connectivity index (χ0) is 33.8. The highest BCUT2D eigenvalue weighted by Crippen LogP contribution is 2.39. The molecule has 11 heteroatoms. The van der Waals surface area contributed by atoms with Crippen LogP contribution in [0.15, 0.2) is 78.8 Å². The van der Waals surface area contributed by atoms with E-state index in [-0.39, 0.29) is 36.1 Å². The van der Waals surface area contributed by atoms with Crippen LogP contribution < -0.4 is 25.6 Å². The number of urea groups is 1. The van der Waals surface area contributed by atoms with Gasteiger partial charge in [0.25, 0.3) is 0 Å². The molecule has 0 bridgehead atoms. The number of aryl methyl sites for hydroxylation is 1. The summed E-state index contributed by atoms with van der Waals surface area (Å²) < 4.78 is 8.57. The number of benzene rings is 2. The summed E-state index contributed by atoms with van der Waals surface area (Å²) in [6.07, 6.45) is 6.83. The summed E-state index contributed by atoms with van der Waals surface area (Å²) in [4.78, 5) is 15.6. The lowest BCUT2D eigenvalue weighted by molar-refractivity contribution is 0.171. The zero-order valence-corrected chi connectivity index (χ0v) is 28.2. The van der Waals surface area contributed by atoms with Crippen molar-refractivity contribution in [1.82, 2.24) is 25.2 Å². The Hall–Kier alpha value is -4.90. The van der Waals surface area contributed by atoms with Gasteiger partial charge in [-0.3, -0.25) is 9.72 Å². The van der Waals surface area contributed by atoms with Crippen molar-refractivity contribution in [3.8, 4) is 5.75 Å². The Balaban J connectivity index is 1.16. The third kappa shape index (κ3) is 7.62. The first-order chi connectivity index (χ1) is 23.1. The number of rotatable bonds is 9. The Bertz CT molecular complexity index is 1790. The molecule has 2 amide bonds. The van der Waals surface area contributed by atoms with E-state index in [1.54, 1.807) is 6.08 Å². The fourth-order valence-electron chi connectivity index (χ4n) is 6.30. The Kier molecular flexibility index (Phi) is 9.68. The van der Waals surface area contributed by atoms with Gasteiger partial charge in [-0.15, -0.1) is 10.2 Å². The molecule has 252 valence electrons. The summed E-state index contributed by atoms with van der Waals surface area (Å²) >= 11 is 0. The molecule has 2 aliphatic rings. The molecule has 1 aliphatic heterocycles. The van der Waals surface area contributed by atoms with Crippen LogP contribution in [0.25, 0.3) is 5.65 Å². The first-order valence-electron chi connectivity index (χ1n) is 16.8. The van der Waals surface area contributed by atoms with Gasteiger partial charge in [-0.05, 0) is 73.9 Å². The van der Waals surface area contributed by atoms with Gasteiger partial charge in [0.05, 0.1) is 12.2 Å². The quantitative estimate of drug-likeness (QED) is 0.130. The van der Waals surface area contributed by atoms with Crippen molar-refractivity contribution < 1.29 is 14.6 Å². The highest BCUT2D eigenvalue weighted by molar-refractivity contribution is 5.97. The number of hydrogen-bond donors (Lipinski definition) is 5. The van der Waals surface area contributed by atoms with E-state index in [9.17, 15) is 9.90 Å². The Morgan fingerprint density at radius 1 is 1.04 bits per heavy atom. The third-order valence-corrected chi connectivity index (χ3v) is 9.11. The van der Waals surface area contributed by atoms with Crippen molar-refractivity contribution >= 4 is 29.0 Å². The van der Waals surface area contributed by atoms with Crippen LogP contribution in [0, 0.1) is 23.7 Å². The Morgan fingerprint density at radius 3 is 2.56 bits per heavy atom. The largest absolute Gasteiger partial charge is 0.484 e. The Morgan fingerprint density at radius 2 is 1.81 bits per heavy atom. The molecule has 0 radical (unpaired) electrons. The molecule has 11 nitrogen and oxygen atoms in total. The van der Waals surface area contributed by atoms with Gasteiger partial charge in [0.15, 0.2) is 5.65 Å². The number of aliphatic hydroxyl groups is 1. The van der Waals surface area contributed by atoms with Gasteiger partial charge in [-0.2, -0.15) is 0 Å². The van der Waals surface area contributed by atoms with Crippen LogP contribution in [0.2, 0.25) is 0 Å². The minimum absolute atomic E-state index is 0.171. The number of ether oxygens (including phenoxy) is 1. The van der Waals surface area contributed by atoms with Crippen LogP contribution in [0.1, 0.15) is 75.3 Å². The zero-order valence-electron chi connectivity index (χ0n) is 28.2. The van der Waals surface area contributed by atoms with Gasteiger partial charge in [-0.25, -0.2) is 4.79 Å². The topological polar surface area (TPSA) is 140 Å². The number of nitrogens with one attached hydrogen (secondary N) is 4. The van der Waals surface area contributed by atoms with Crippen LogP contribution in [0.3, 0.4) is 0 Å². The molecule has 0 spiro atoms. The summed E-state index contributed by atoms with van der Waals surface area (Å²) in [7, 11) is 0. The predicted molar refractivity (Wildman–Crippen MR) is 189 cm³/mol. The lowest BCUT2D eigenvalue weighted by Gasteiger charge is -2.33. The van der Waals surface area contributed by atoms with Gasteiger partial charge in [0.1, 0.15) is 17.7 Å². The Labute approximate surface area is 281 Å². The normalized spacial score (nSPS) is 19.8. The lowest BCUT2D eigenvalue weighted by Crippen LogP contribution is -2.41. The molecule has 1 aliphatic carbocycles. The number of aromatic nitrogens is 3. The van der Waals surface area contributed by atoms with E-state index >= 15 is 0 Å². The smallest absolute Gasteiger partial charge is 0.320 e. The third-order valence-electron chi connectivity index (χ3n) is 9.11. The standard InChI is InChI=1S/C37H46N8O3/c1-24-11-13-26(14-12-24)39-33(20-32(38)37(2,3)4)41-35(47)40-30-16-17-31(29-10-6-5-9-28(29)30)48-27-15-18-34-42-43-36(45(34)22-27)44-19-7-8-25(21-44)23-46/h5-6,9-15,18,20,22,25,30-31,38-39,46H,7-8,16-17,19,21,23H2,1-4H3,(H2,40,41,47)/b33-20+,38-32?/t25-,30-,31+/m0/s1. The number of nitrogens with zero attached hydrogens (tertiary/aromatic N) is 4. The number of pyridine rings is 1. The summed E-state index contributed by atoms with van der Waals surface area (Å²) in [5, 5.41) is 36.5. The first-order valence-corrected chi connectivity index (χ1v) is 16.8. The molecule has 0 unspecified atom stereocenters. The average Bonchev–Trinajstić information content (AvgIpc) is 3.50. The number of allylic oxidation sites excluding steroid dienone is 1. The lowest BCUT2D eigenvalue weighted by atomic mass is 9.85. The number of carbonyl (C=O) groups excluding carboxylic acids is 1. The van der Waals surface area contributed by atoms with Crippen molar-refractivity contribution in [3.05, 3.63) is 95.4 Å². The molecule has 3 atom stereocenters. The van der Waals surface area contributed by atoms with Crippen LogP contribution in [0.5, 0.6) is 5.75 Å². The summed E-state index contributed by atoms with van der Waals surface area (Å²) in [6.45, 7) is 9.73. The maximum absolute atomic E-state index is 13.4. The van der Waals surface area contributed by atoms with Crippen molar-refractivity contribution in [2.75, 3.05) is 29.9 Å². The van der Waals surface area contributed by atoms with Gasteiger partial charge in [-0.1, -0.05) is 62.7 Å². The monoisotopic (exact) mass is 650 g/mol. The van der Waals surface area contributed by atoms with Gasteiger partial charge < -0.3 is 30.8 Å². The van der Waals surface area contributed by atoms with E-state index in [2.05, 4.69) is 37.1 Å². The number of hydrogen-bond acceptors (Lipinski definition) is 8. The van der Waals surface area contributed by atoms with E-state index < -0.39 is 0 Å². The molecule has 5 N–H and O–H groups in total. The molecule has 1 saturated heterocycles. The summed E-state index contributed by atoms with van der Waals surface area (Å²) in [5.74, 6) is 2.14. The maximum atomic E-state index is 13.4. The first kappa shape index (κ1) is 33.0. The summed E-state index contributed by atoms with van der Waals surface area (Å²) in [6, 6.07) is 19.2. The molecule has 1 fully saturated rings. The summed E-state index contributed by atoms with van der Waals surface area (Å²) in [5.41, 5.74) is 4.75. The molecule has 48 heavy (non-hydrogen) atoms. The minimum atomic E-state index is -0.382. The van der Waals surface area contributed by atoms with Gasteiger partial charge in [0, 0.05) is 42.6 Å². The van der Waals surface area contributed by atoms with E-state index in [4.69, 9.17) is 10.1 Å². The molecule has 2 aromatic heterocycles. The minimum Gasteiger partial charge on any atom is -0.484 e. The predicted octanol–water partition coefficient (Wildman–Crippen LogP) is 6.52. The van der Waals surface area contributed by atoms with Crippen LogP contribution in [-0.4, -0.2) is 51.1 Å². The van der Waals surface area contributed by atoms with Crippen molar-refractivity contribution in [2.45, 2.75) is 65.5 Å². The number of fused-ring (bicyclic) bond motifs is 2. The molecular weight excluding hydrogens is 604 g/mol. The van der Waals surface area contributed by atoms with Crippen molar-refractivity contribution in [1.29, 1.82) is 5.41 Å². The van der Waals surface area contributed by atoms with E-state index in [0.717, 1.165) is 59.9 Å². The number of carbonyl (C=O) groups is 1. The van der Waals surface area contributed by atoms with E-state index in [0.29, 0.717) is 30.1 Å². The maximum Gasteiger partial charge on any atom is 0.320 e. The van der Waals surface area contributed by atoms with Crippen molar-refractivity contribution in [3.63, 3.8) is 0 Å². The second kappa shape index (κ2) is 14.1. The van der Waals surface area contributed by atoms with Gasteiger partial charge >= 0.3 is 6.03 Å². The fourth-order valence-corrected chi connectivity index (χ4v) is 6.30. The number of aliphatic hydroxyl groups excluding tert-OH is 1. The van der Waals surface area contributed by atoms with Crippen molar-refractivity contribution in [2.24, 2.45) is 11.3 Å². The van der Waals surface area contributed by atoms with Crippen LogP contribution >= 0.6 is 0 Å². The number of amides is 2. The molecule has 4 aromatic rings. The average molecular weight is 651 g/mol. The van der Waals surface area contributed by atoms with Crippen LogP contribution in [0.4, 0.5) is 16.4 Å².